The quantitative estimate of drug-likeness (QED) is 0.515. The van der Waals surface area contributed by atoms with E-state index in [2.05, 4.69) is 15.3 Å². The molecule has 5 rings (SSSR count). The van der Waals surface area contributed by atoms with Gasteiger partial charge in [-0.2, -0.15) is 0 Å². The third-order valence-electron chi connectivity index (χ3n) is 6.23. The Morgan fingerprint density at radius 3 is 2.52 bits per heavy atom. The molecule has 1 aromatic carbocycles. The van der Waals surface area contributed by atoms with Gasteiger partial charge in [-0.15, -0.1) is 0 Å². The summed E-state index contributed by atoms with van der Waals surface area (Å²) in [5, 5.41) is 2.98. The summed E-state index contributed by atoms with van der Waals surface area (Å²) in [7, 11) is 0. The molecule has 4 heterocycles. The van der Waals surface area contributed by atoms with Crippen molar-refractivity contribution >= 4 is 17.5 Å². The van der Waals surface area contributed by atoms with Crippen LogP contribution in [-0.4, -0.2) is 44.2 Å². The standard InChI is InChI=1S/C26H25N5O2/c32-25(29-18-19-8-13-30-16-12-28-24(30)17-19)22-6-4-20(5-7-22)21-9-14-31(15-10-21)26(33)23-3-1-2-11-27-23/h1-8,11-13,16-17,21H,9-10,14-15,18H2,(H,29,32). The van der Waals surface area contributed by atoms with Gasteiger partial charge in [-0.25, -0.2) is 4.98 Å². The van der Waals surface area contributed by atoms with Crippen LogP contribution < -0.4 is 5.32 Å². The predicted octanol–water partition coefficient (Wildman–Crippen LogP) is 3.68. The lowest BCUT2D eigenvalue weighted by Crippen LogP contribution is -2.38. The van der Waals surface area contributed by atoms with E-state index in [0.29, 0.717) is 36.8 Å². The molecule has 1 aliphatic rings. The number of hydrogen-bond acceptors (Lipinski definition) is 4. The number of imidazole rings is 1. The van der Waals surface area contributed by atoms with Crippen LogP contribution in [0.2, 0.25) is 0 Å². The summed E-state index contributed by atoms with van der Waals surface area (Å²) in [5.41, 5.74) is 4.21. The van der Waals surface area contributed by atoms with Gasteiger partial charge in [-0.3, -0.25) is 14.6 Å². The molecule has 33 heavy (non-hydrogen) atoms. The highest BCUT2D eigenvalue weighted by atomic mass is 16.2. The summed E-state index contributed by atoms with van der Waals surface area (Å²) in [6.07, 6.45) is 9.03. The average Bonchev–Trinajstić information content (AvgIpc) is 3.35. The van der Waals surface area contributed by atoms with Gasteiger partial charge in [0, 0.05) is 50.0 Å². The molecule has 0 aliphatic carbocycles. The number of carbonyl (C=O) groups excluding carboxylic acids is 2. The lowest BCUT2D eigenvalue weighted by molar-refractivity contribution is 0.0706. The Bertz CT molecular complexity index is 1260. The Balaban J connectivity index is 1.15. The number of pyridine rings is 2. The number of hydrogen-bond donors (Lipinski definition) is 1. The van der Waals surface area contributed by atoms with Gasteiger partial charge in [0.2, 0.25) is 0 Å². The van der Waals surface area contributed by atoms with Crippen molar-refractivity contribution in [3.8, 4) is 0 Å². The molecule has 7 heteroatoms. The molecule has 0 radical (unpaired) electrons. The minimum atomic E-state index is -0.0967. The number of likely N-dealkylation sites (tertiary alicyclic amines) is 1. The number of fused-ring (bicyclic) bond motifs is 1. The number of aromatic nitrogens is 3. The molecular weight excluding hydrogens is 414 g/mol. The Hall–Kier alpha value is -4.00. The van der Waals surface area contributed by atoms with Crippen LogP contribution in [0.1, 0.15) is 50.7 Å². The maximum Gasteiger partial charge on any atom is 0.272 e. The van der Waals surface area contributed by atoms with E-state index >= 15 is 0 Å². The monoisotopic (exact) mass is 439 g/mol. The molecule has 4 aromatic rings. The topological polar surface area (TPSA) is 79.6 Å². The van der Waals surface area contributed by atoms with Crippen molar-refractivity contribution in [1.29, 1.82) is 0 Å². The van der Waals surface area contributed by atoms with Gasteiger partial charge in [0.05, 0.1) is 0 Å². The van der Waals surface area contributed by atoms with Crippen LogP contribution in [0.4, 0.5) is 0 Å². The number of benzene rings is 1. The van der Waals surface area contributed by atoms with Crippen molar-refractivity contribution in [2.24, 2.45) is 0 Å². The molecule has 0 saturated carbocycles. The second-order valence-corrected chi connectivity index (χ2v) is 8.31. The number of rotatable bonds is 5. The van der Waals surface area contributed by atoms with E-state index in [1.165, 1.54) is 5.56 Å². The summed E-state index contributed by atoms with van der Waals surface area (Å²) in [5.74, 6) is 0.282. The summed E-state index contributed by atoms with van der Waals surface area (Å²) in [6.45, 7) is 1.87. The molecule has 0 unspecified atom stereocenters. The van der Waals surface area contributed by atoms with Crippen molar-refractivity contribution in [3.63, 3.8) is 0 Å². The number of nitrogens with one attached hydrogen (secondary N) is 1. The Morgan fingerprint density at radius 1 is 0.939 bits per heavy atom. The van der Waals surface area contributed by atoms with Crippen molar-refractivity contribution in [2.75, 3.05) is 13.1 Å². The molecule has 1 aliphatic heterocycles. The van der Waals surface area contributed by atoms with Gasteiger partial charge >= 0.3 is 0 Å². The van der Waals surface area contributed by atoms with Crippen LogP contribution in [0.25, 0.3) is 5.65 Å². The van der Waals surface area contributed by atoms with Gasteiger partial charge in [0.1, 0.15) is 11.3 Å². The molecule has 1 fully saturated rings. The first-order valence-corrected chi connectivity index (χ1v) is 11.2. The Morgan fingerprint density at radius 2 is 1.76 bits per heavy atom. The highest BCUT2D eigenvalue weighted by molar-refractivity contribution is 5.94. The van der Waals surface area contributed by atoms with Gasteiger partial charge < -0.3 is 14.6 Å². The number of nitrogens with zero attached hydrogens (tertiary/aromatic N) is 4. The summed E-state index contributed by atoms with van der Waals surface area (Å²) < 4.78 is 1.93. The van der Waals surface area contributed by atoms with E-state index in [-0.39, 0.29) is 11.8 Å². The molecule has 1 saturated heterocycles. The number of piperidine rings is 1. The fourth-order valence-corrected chi connectivity index (χ4v) is 4.32. The lowest BCUT2D eigenvalue weighted by atomic mass is 9.89. The van der Waals surface area contributed by atoms with E-state index in [9.17, 15) is 9.59 Å². The SMILES string of the molecule is O=C(NCc1ccn2ccnc2c1)c1ccc(C2CCN(C(=O)c3ccccn3)CC2)cc1. The smallest absolute Gasteiger partial charge is 0.272 e. The minimum Gasteiger partial charge on any atom is -0.348 e. The Labute approximate surface area is 192 Å². The van der Waals surface area contributed by atoms with E-state index in [1.807, 2.05) is 70.2 Å². The first-order valence-electron chi connectivity index (χ1n) is 11.2. The molecule has 1 N–H and O–H groups in total. The third-order valence-corrected chi connectivity index (χ3v) is 6.23. The predicted molar refractivity (Wildman–Crippen MR) is 125 cm³/mol. The molecule has 7 nitrogen and oxygen atoms in total. The zero-order valence-electron chi connectivity index (χ0n) is 18.2. The summed E-state index contributed by atoms with van der Waals surface area (Å²) in [4.78, 5) is 35.5. The number of amides is 2. The van der Waals surface area contributed by atoms with E-state index < -0.39 is 0 Å². The van der Waals surface area contributed by atoms with Crippen molar-refractivity contribution in [1.82, 2.24) is 24.6 Å². The van der Waals surface area contributed by atoms with Crippen LogP contribution in [-0.2, 0) is 6.54 Å². The zero-order chi connectivity index (χ0) is 22.6. The first-order chi connectivity index (χ1) is 16.2. The molecule has 2 amide bonds. The van der Waals surface area contributed by atoms with E-state index in [0.717, 1.165) is 24.1 Å². The third kappa shape index (κ3) is 4.62. The van der Waals surface area contributed by atoms with Crippen LogP contribution in [0.15, 0.2) is 79.4 Å². The summed E-state index contributed by atoms with van der Waals surface area (Å²) in [6, 6.07) is 17.2. The van der Waals surface area contributed by atoms with Gasteiger partial charge in [-0.1, -0.05) is 18.2 Å². The van der Waals surface area contributed by atoms with Crippen molar-refractivity contribution < 1.29 is 9.59 Å². The molecule has 166 valence electrons. The first kappa shape index (κ1) is 20.9. The van der Waals surface area contributed by atoms with Crippen LogP contribution in [0.5, 0.6) is 0 Å². The minimum absolute atomic E-state index is 0.00651. The second kappa shape index (κ2) is 9.24. The van der Waals surface area contributed by atoms with Gasteiger partial charge in [0.25, 0.3) is 11.8 Å². The molecule has 0 atom stereocenters. The molecular formula is C26H25N5O2. The second-order valence-electron chi connectivity index (χ2n) is 8.31. The molecule has 0 spiro atoms. The maximum atomic E-state index is 12.6. The molecule has 3 aromatic heterocycles. The van der Waals surface area contributed by atoms with Crippen molar-refractivity contribution in [2.45, 2.75) is 25.3 Å². The normalized spacial score (nSPS) is 14.4. The number of carbonyl (C=O) groups is 2. The highest BCUT2D eigenvalue weighted by Gasteiger charge is 2.25. The largest absolute Gasteiger partial charge is 0.348 e. The van der Waals surface area contributed by atoms with Crippen LogP contribution in [0, 0.1) is 0 Å². The van der Waals surface area contributed by atoms with Gasteiger partial charge in [-0.05, 0) is 66.3 Å². The fourth-order valence-electron chi connectivity index (χ4n) is 4.32. The molecule has 0 bridgehead atoms. The highest BCUT2D eigenvalue weighted by Crippen LogP contribution is 2.28. The fraction of sp³-hybridized carbons (Fsp3) is 0.231. The van der Waals surface area contributed by atoms with Crippen LogP contribution >= 0.6 is 0 Å². The Kier molecular flexibility index (Phi) is 5.85. The van der Waals surface area contributed by atoms with E-state index in [4.69, 9.17) is 0 Å². The lowest BCUT2D eigenvalue weighted by Gasteiger charge is -2.32. The average molecular weight is 440 g/mol. The summed E-state index contributed by atoms with van der Waals surface area (Å²) >= 11 is 0. The van der Waals surface area contributed by atoms with Crippen LogP contribution in [0.3, 0.4) is 0 Å². The van der Waals surface area contributed by atoms with Crippen molar-refractivity contribution in [3.05, 3.63) is 102 Å². The maximum absolute atomic E-state index is 12.6. The van der Waals surface area contributed by atoms with Gasteiger partial charge in [0.15, 0.2) is 0 Å². The van der Waals surface area contributed by atoms with E-state index in [1.54, 1.807) is 18.5 Å². The zero-order valence-corrected chi connectivity index (χ0v) is 18.2.